The predicted octanol–water partition coefficient (Wildman–Crippen LogP) is 1.76. The van der Waals surface area contributed by atoms with E-state index in [1.807, 2.05) is 6.92 Å². The number of aromatic hydroxyl groups is 1. The Morgan fingerprint density at radius 1 is 1.50 bits per heavy atom. The molecule has 0 saturated heterocycles. The zero-order valence-corrected chi connectivity index (χ0v) is 8.20. The van der Waals surface area contributed by atoms with Gasteiger partial charge in [-0.15, -0.1) is 0 Å². The number of hydrogen-bond acceptors (Lipinski definition) is 4. The maximum Gasteiger partial charge on any atom is 0.213 e. The first kappa shape index (κ1) is 10.4. The number of rotatable bonds is 3. The summed E-state index contributed by atoms with van der Waals surface area (Å²) >= 11 is 0. The summed E-state index contributed by atoms with van der Waals surface area (Å²) in [5.41, 5.74) is 0.578. The van der Waals surface area contributed by atoms with Crippen LogP contribution in [0.4, 0.5) is 0 Å². The Morgan fingerprint density at radius 3 is 2.79 bits per heavy atom. The molecule has 0 saturated carbocycles. The molecule has 0 amide bonds. The lowest BCUT2D eigenvalue weighted by molar-refractivity contribution is 0.317. The Hall–Kier alpha value is -1.71. The van der Waals surface area contributed by atoms with E-state index in [9.17, 15) is 5.11 Å². The second-order valence-corrected chi connectivity index (χ2v) is 2.65. The predicted molar refractivity (Wildman–Crippen MR) is 53.1 cm³/mol. The van der Waals surface area contributed by atoms with E-state index in [0.717, 1.165) is 0 Å². The lowest BCUT2D eigenvalue weighted by atomic mass is 10.2. The van der Waals surface area contributed by atoms with Crippen LogP contribution in [0.2, 0.25) is 0 Å². The van der Waals surface area contributed by atoms with Crippen molar-refractivity contribution in [1.82, 2.24) is 0 Å². The summed E-state index contributed by atoms with van der Waals surface area (Å²) in [5.74, 6) is 0.484. The molecule has 1 aromatic carbocycles. The van der Waals surface area contributed by atoms with E-state index in [1.54, 1.807) is 12.1 Å². The lowest BCUT2D eigenvalue weighted by Crippen LogP contribution is -2.02. The van der Waals surface area contributed by atoms with Gasteiger partial charge in [0.1, 0.15) is 0 Å². The quantitative estimate of drug-likeness (QED) is 0.570. The first-order valence-electron chi connectivity index (χ1n) is 4.27. The molecule has 0 aliphatic carbocycles. The number of ether oxygens (including phenoxy) is 2. The summed E-state index contributed by atoms with van der Waals surface area (Å²) in [6.45, 7) is 2.30. The third kappa shape index (κ3) is 2.16. The molecular formula is C10H13NO3. The smallest absolute Gasteiger partial charge is 0.213 e. The molecule has 0 heterocycles. The van der Waals surface area contributed by atoms with Crippen molar-refractivity contribution < 1.29 is 14.6 Å². The van der Waals surface area contributed by atoms with E-state index in [-0.39, 0.29) is 11.6 Å². The number of methoxy groups -OCH3 is 1. The van der Waals surface area contributed by atoms with E-state index in [4.69, 9.17) is 14.9 Å². The van der Waals surface area contributed by atoms with Crippen LogP contribution in [-0.4, -0.2) is 24.7 Å². The van der Waals surface area contributed by atoms with Gasteiger partial charge < -0.3 is 14.6 Å². The second-order valence-electron chi connectivity index (χ2n) is 2.65. The molecule has 76 valence electrons. The molecular weight excluding hydrogens is 182 g/mol. The van der Waals surface area contributed by atoms with E-state index < -0.39 is 0 Å². The van der Waals surface area contributed by atoms with Gasteiger partial charge in [0.15, 0.2) is 11.5 Å². The zero-order chi connectivity index (χ0) is 10.6. The number of phenolic OH excluding ortho intramolecular Hbond substituents is 1. The first-order valence-corrected chi connectivity index (χ1v) is 4.27. The molecule has 0 fully saturated rings. The van der Waals surface area contributed by atoms with E-state index in [1.165, 1.54) is 13.2 Å². The molecule has 1 aromatic rings. The second kappa shape index (κ2) is 4.50. The summed E-state index contributed by atoms with van der Waals surface area (Å²) in [6, 6.07) is 4.66. The Kier molecular flexibility index (Phi) is 3.34. The van der Waals surface area contributed by atoms with Gasteiger partial charge in [-0.1, -0.05) is 0 Å². The van der Waals surface area contributed by atoms with Gasteiger partial charge in [-0.2, -0.15) is 0 Å². The van der Waals surface area contributed by atoms with Crippen LogP contribution in [0, 0.1) is 5.41 Å². The van der Waals surface area contributed by atoms with Crippen LogP contribution in [0.3, 0.4) is 0 Å². The molecule has 1 rings (SSSR count). The summed E-state index contributed by atoms with van der Waals surface area (Å²) in [4.78, 5) is 0. The van der Waals surface area contributed by atoms with Crippen LogP contribution in [0.5, 0.6) is 11.5 Å². The highest BCUT2D eigenvalue weighted by atomic mass is 16.5. The fourth-order valence-electron chi connectivity index (χ4n) is 1.04. The maximum absolute atomic E-state index is 9.38. The topological polar surface area (TPSA) is 62.5 Å². The molecule has 14 heavy (non-hydrogen) atoms. The van der Waals surface area contributed by atoms with Gasteiger partial charge in [0, 0.05) is 5.56 Å². The SMILES string of the molecule is CCOc1cc(C(=N)OC)ccc1O. The summed E-state index contributed by atoms with van der Waals surface area (Å²) in [6.07, 6.45) is 0. The standard InChI is InChI=1S/C10H13NO3/c1-3-14-9-6-7(10(11)13-2)4-5-8(9)12/h4-6,11-12H,3H2,1-2H3. The van der Waals surface area contributed by atoms with E-state index >= 15 is 0 Å². The zero-order valence-electron chi connectivity index (χ0n) is 8.20. The third-order valence-electron chi connectivity index (χ3n) is 1.73. The molecule has 0 aliphatic heterocycles. The van der Waals surface area contributed by atoms with Crippen molar-refractivity contribution in [2.75, 3.05) is 13.7 Å². The fourth-order valence-corrected chi connectivity index (χ4v) is 1.04. The minimum atomic E-state index is 0.0472. The number of hydrogen-bond donors (Lipinski definition) is 2. The van der Waals surface area contributed by atoms with Gasteiger partial charge in [-0.25, -0.2) is 0 Å². The van der Waals surface area contributed by atoms with Crippen molar-refractivity contribution >= 4 is 5.90 Å². The average Bonchev–Trinajstić information content (AvgIpc) is 2.20. The molecule has 0 radical (unpaired) electrons. The molecule has 4 nitrogen and oxygen atoms in total. The van der Waals surface area contributed by atoms with Crippen molar-refractivity contribution in [3.63, 3.8) is 0 Å². The van der Waals surface area contributed by atoms with Crippen LogP contribution in [0.25, 0.3) is 0 Å². The van der Waals surface area contributed by atoms with Gasteiger partial charge in [-0.3, -0.25) is 5.41 Å². The van der Waals surface area contributed by atoms with E-state index in [0.29, 0.717) is 17.9 Å². The maximum atomic E-state index is 9.38. The highest BCUT2D eigenvalue weighted by Crippen LogP contribution is 2.26. The van der Waals surface area contributed by atoms with E-state index in [2.05, 4.69) is 0 Å². The Labute approximate surface area is 82.6 Å². The molecule has 0 unspecified atom stereocenters. The van der Waals surface area contributed by atoms with Crippen molar-refractivity contribution in [1.29, 1.82) is 5.41 Å². The van der Waals surface area contributed by atoms with Crippen LogP contribution < -0.4 is 4.74 Å². The van der Waals surface area contributed by atoms with Crippen LogP contribution in [-0.2, 0) is 4.74 Å². The number of nitrogens with one attached hydrogen (secondary N) is 1. The van der Waals surface area contributed by atoms with Gasteiger partial charge in [0.05, 0.1) is 13.7 Å². The summed E-state index contributed by atoms with van der Waals surface area (Å²) in [7, 11) is 1.43. The molecule has 0 aliphatic rings. The van der Waals surface area contributed by atoms with Gasteiger partial charge in [-0.05, 0) is 25.1 Å². The lowest BCUT2D eigenvalue weighted by Gasteiger charge is -2.08. The van der Waals surface area contributed by atoms with Crippen molar-refractivity contribution in [3.05, 3.63) is 23.8 Å². The van der Waals surface area contributed by atoms with Crippen molar-refractivity contribution in [2.24, 2.45) is 0 Å². The van der Waals surface area contributed by atoms with Gasteiger partial charge in [0.25, 0.3) is 0 Å². The Balaban J connectivity index is 2.99. The fraction of sp³-hybridized carbons (Fsp3) is 0.300. The van der Waals surface area contributed by atoms with Crippen molar-refractivity contribution in [3.8, 4) is 11.5 Å². The molecule has 2 N–H and O–H groups in total. The monoisotopic (exact) mass is 195 g/mol. The Bertz CT molecular complexity index is 336. The molecule has 0 spiro atoms. The number of benzene rings is 1. The van der Waals surface area contributed by atoms with Crippen LogP contribution in [0.1, 0.15) is 12.5 Å². The Morgan fingerprint density at radius 2 is 2.21 bits per heavy atom. The highest BCUT2D eigenvalue weighted by Gasteiger charge is 2.06. The molecule has 0 aromatic heterocycles. The largest absolute Gasteiger partial charge is 0.504 e. The molecule has 0 atom stereocenters. The van der Waals surface area contributed by atoms with Gasteiger partial charge in [0.2, 0.25) is 5.90 Å². The minimum Gasteiger partial charge on any atom is -0.504 e. The molecule has 0 bridgehead atoms. The van der Waals surface area contributed by atoms with Crippen molar-refractivity contribution in [2.45, 2.75) is 6.92 Å². The average molecular weight is 195 g/mol. The third-order valence-corrected chi connectivity index (χ3v) is 1.73. The number of phenols is 1. The van der Waals surface area contributed by atoms with Crippen LogP contribution in [0.15, 0.2) is 18.2 Å². The first-order chi connectivity index (χ1) is 6.69. The normalized spacial score (nSPS) is 9.57. The minimum absolute atomic E-state index is 0.0472. The van der Waals surface area contributed by atoms with Crippen LogP contribution >= 0.6 is 0 Å². The highest BCUT2D eigenvalue weighted by molar-refractivity contribution is 5.92. The summed E-state index contributed by atoms with van der Waals surface area (Å²) in [5, 5.41) is 16.8. The van der Waals surface area contributed by atoms with Gasteiger partial charge >= 0.3 is 0 Å². The summed E-state index contributed by atoms with van der Waals surface area (Å²) < 4.78 is 9.93. The molecule has 4 heteroatoms.